The van der Waals surface area contributed by atoms with Crippen LogP contribution in [0.5, 0.6) is 0 Å². The van der Waals surface area contributed by atoms with Gasteiger partial charge in [0.05, 0.1) is 11.6 Å². The predicted molar refractivity (Wildman–Crippen MR) is 98.8 cm³/mol. The molecule has 1 aliphatic heterocycles. The van der Waals surface area contributed by atoms with Crippen molar-refractivity contribution in [1.29, 1.82) is 0 Å². The lowest BCUT2D eigenvalue weighted by molar-refractivity contribution is -0.160. The fraction of sp³-hybridized carbons (Fsp3) is 0.550. The number of nitrogens with zero attached hydrogens (tertiary/aromatic N) is 1. The summed E-state index contributed by atoms with van der Waals surface area (Å²) in [6.45, 7) is -0.455. The summed E-state index contributed by atoms with van der Waals surface area (Å²) in [5.41, 5.74) is 1.70. The van der Waals surface area contributed by atoms with Crippen molar-refractivity contribution in [2.75, 3.05) is 6.54 Å². The topological polar surface area (TPSA) is 98.7 Å². The molecule has 2 fully saturated rings. The molecule has 1 saturated carbocycles. The first-order chi connectivity index (χ1) is 13.1. The highest BCUT2D eigenvalue weighted by Gasteiger charge is 2.50. The van der Waals surface area contributed by atoms with Gasteiger partial charge in [-0.25, -0.2) is 5.48 Å². The molecule has 146 valence electrons. The number of carbonyl (C=O) groups is 3. The third kappa shape index (κ3) is 4.36. The first-order valence-electron chi connectivity index (χ1n) is 9.66. The molecule has 1 aliphatic carbocycles. The first-order valence-corrected chi connectivity index (χ1v) is 9.66. The van der Waals surface area contributed by atoms with Gasteiger partial charge in [0, 0.05) is 0 Å². The van der Waals surface area contributed by atoms with Crippen LogP contribution in [0.25, 0.3) is 0 Å². The van der Waals surface area contributed by atoms with E-state index < -0.39 is 29.9 Å². The Morgan fingerprint density at radius 1 is 1.11 bits per heavy atom. The van der Waals surface area contributed by atoms with E-state index in [0.29, 0.717) is 19.3 Å². The molecule has 1 aromatic carbocycles. The number of hydrogen-bond acceptors (Lipinski definition) is 5. The second-order valence-electron chi connectivity index (χ2n) is 7.50. The maximum atomic E-state index is 13.2. The van der Waals surface area contributed by atoms with Crippen molar-refractivity contribution >= 4 is 17.7 Å². The van der Waals surface area contributed by atoms with Gasteiger partial charge < -0.3 is 0 Å². The Balaban J connectivity index is 1.89. The summed E-state index contributed by atoms with van der Waals surface area (Å²) in [5.74, 6) is -1.53. The van der Waals surface area contributed by atoms with Crippen LogP contribution in [0.2, 0.25) is 0 Å². The minimum absolute atomic E-state index is 0.345. The van der Waals surface area contributed by atoms with E-state index in [1.165, 1.54) is 5.48 Å². The first kappa shape index (κ1) is 19.5. The van der Waals surface area contributed by atoms with Crippen molar-refractivity contribution in [3.63, 3.8) is 0 Å². The fourth-order valence-corrected chi connectivity index (χ4v) is 4.19. The third-order valence-corrected chi connectivity index (χ3v) is 5.59. The maximum Gasteiger partial charge on any atom is 0.263 e. The van der Waals surface area contributed by atoms with Gasteiger partial charge in [-0.2, -0.15) is 0 Å². The molecule has 0 aromatic heterocycles. The average molecular weight is 373 g/mol. The molecule has 2 aliphatic rings. The number of imide groups is 1. The number of nitrogens with one attached hydrogen (secondary N) is 2. The molecular formula is C20H27N3O4. The van der Waals surface area contributed by atoms with Crippen LogP contribution >= 0.6 is 0 Å². The summed E-state index contributed by atoms with van der Waals surface area (Å²) in [4.78, 5) is 38.9. The van der Waals surface area contributed by atoms with Crippen molar-refractivity contribution < 1.29 is 19.6 Å². The molecule has 0 radical (unpaired) electrons. The summed E-state index contributed by atoms with van der Waals surface area (Å²) in [7, 11) is 0. The number of piperazine rings is 1. The van der Waals surface area contributed by atoms with Gasteiger partial charge >= 0.3 is 0 Å². The van der Waals surface area contributed by atoms with E-state index in [1.807, 2.05) is 30.3 Å². The molecule has 1 atom stereocenters. The summed E-state index contributed by atoms with van der Waals surface area (Å²) < 4.78 is 0. The summed E-state index contributed by atoms with van der Waals surface area (Å²) >= 11 is 0. The Labute approximate surface area is 159 Å². The lowest BCUT2D eigenvalue weighted by atomic mass is 9.79. The predicted octanol–water partition coefficient (Wildman–Crippen LogP) is 1.54. The van der Waals surface area contributed by atoms with Gasteiger partial charge in [0.2, 0.25) is 11.8 Å². The molecule has 1 aromatic rings. The maximum absolute atomic E-state index is 13.2. The lowest BCUT2D eigenvalue weighted by Crippen LogP contribution is -2.71. The van der Waals surface area contributed by atoms with Gasteiger partial charge in [-0.3, -0.25) is 29.8 Å². The summed E-state index contributed by atoms with van der Waals surface area (Å²) in [6, 6.07) is 9.06. The zero-order valence-corrected chi connectivity index (χ0v) is 15.4. The quantitative estimate of drug-likeness (QED) is 0.422. The van der Waals surface area contributed by atoms with E-state index in [1.54, 1.807) is 0 Å². The zero-order valence-electron chi connectivity index (χ0n) is 15.4. The number of rotatable bonds is 4. The van der Waals surface area contributed by atoms with Crippen LogP contribution in [0, 0.1) is 0 Å². The largest absolute Gasteiger partial charge is 0.292 e. The van der Waals surface area contributed by atoms with E-state index in [0.717, 1.165) is 42.6 Å². The van der Waals surface area contributed by atoms with Crippen molar-refractivity contribution in [3.05, 3.63) is 35.9 Å². The molecule has 7 nitrogen and oxygen atoms in total. The van der Waals surface area contributed by atoms with Crippen LogP contribution in [0.1, 0.15) is 50.5 Å². The smallest absolute Gasteiger partial charge is 0.263 e. The van der Waals surface area contributed by atoms with Gasteiger partial charge in [-0.1, -0.05) is 62.4 Å². The molecule has 3 N–H and O–H groups in total. The monoisotopic (exact) mass is 373 g/mol. The van der Waals surface area contributed by atoms with Gasteiger partial charge in [0.25, 0.3) is 5.91 Å². The molecule has 3 rings (SSSR count). The van der Waals surface area contributed by atoms with E-state index in [4.69, 9.17) is 5.21 Å². The van der Waals surface area contributed by atoms with Crippen molar-refractivity contribution in [2.24, 2.45) is 0 Å². The van der Waals surface area contributed by atoms with Crippen molar-refractivity contribution in [3.8, 4) is 0 Å². The molecule has 0 unspecified atom stereocenters. The molecule has 27 heavy (non-hydrogen) atoms. The molecule has 1 spiro atoms. The van der Waals surface area contributed by atoms with Gasteiger partial charge in [-0.15, -0.1) is 0 Å². The van der Waals surface area contributed by atoms with Crippen LogP contribution < -0.4 is 10.8 Å². The summed E-state index contributed by atoms with van der Waals surface area (Å²) in [6.07, 6.45) is 6.86. The highest BCUT2D eigenvalue weighted by Crippen LogP contribution is 2.32. The molecule has 3 amide bonds. The minimum atomic E-state index is -0.816. The number of carbonyl (C=O) groups excluding carboxylic acids is 3. The molecule has 0 bridgehead atoms. The molecule has 1 heterocycles. The van der Waals surface area contributed by atoms with E-state index in [2.05, 4.69) is 5.32 Å². The average Bonchev–Trinajstić information content (AvgIpc) is 2.66. The molecular weight excluding hydrogens is 346 g/mol. The minimum Gasteiger partial charge on any atom is -0.292 e. The highest BCUT2D eigenvalue weighted by molar-refractivity contribution is 6.07. The number of benzene rings is 1. The second kappa shape index (κ2) is 8.63. The van der Waals surface area contributed by atoms with Gasteiger partial charge in [-0.05, 0) is 24.8 Å². The highest BCUT2D eigenvalue weighted by atomic mass is 16.5. The lowest BCUT2D eigenvalue weighted by Gasteiger charge is -2.45. The zero-order chi connectivity index (χ0) is 19.3. The number of hydroxylamine groups is 1. The Kier molecular flexibility index (Phi) is 6.23. The Morgan fingerprint density at radius 2 is 1.74 bits per heavy atom. The van der Waals surface area contributed by atoms with Crippen LogP contribution in [0.3, 0.4) is 0 Å². The van der Waals surface area contributed by atoms with E-state index >= 15 is 0 Å². The van der Waals surface area contributed by atoms with Crippen LogP contribution in [-0.4, -0.2) is 46.0 Å². The van der Waals surface area contributed by atoms with Crippen LogP contribution in [0.4, 0.5) is 0 Å². The standard InChI is InChI=1S/C20H27N3O4/c24-17(22-27)14-23-18(25)16(13-15-9-5-4-6-10-15)21-20(19(23)26)11-7-2-1-3-8-12-20/h4-6,9-10,16,21,27H,1-3,7-8,11-14H2,(H,22,24)/t16-/m0/s1. The van der Waals surface area contributed by atoms with Crippen LogP contribution in [-0.2, 0) is 20.8 Å². The number of hydrogen-bond donors (Lipinski definition) is 3. The fourth-order valence-electron chi connectivity index (χ4n) is 4.19. The summed E-state index contributed by atoms with van der Waals surface area (Å²) in [5, 5.41) is 12.2. The van der Waals surface area contributed by atoms with Crippen molar-refractivity contribution in [2.45, 2.75) is 62.9 Å². The van der Waals surface area contributed by atoms with Gasteiger partial charge in [0.15, 0.2) is 0 Å². The SMILES string of the molecule is O=C(CN1C(=O)[C@H](Cc2ccccc2)NC2(CCCCCCC2)C1=O)NO. The second-order valence-corrected chi connectivity index (χ2v) is 7.50. The third-order valence-electron chi connectivity index (χ3n) is 5.59. The molecule has 7 heteroatoms. The molecule has 1 saturated heterocycles. The van der Waals surface area contributed by atoms with E-state index in [9.17, 15) is 14.4 Å². The normalized spacial score (nSPS) is 23.0. The van der Waals surface area contributed by atoms with Gasteiger partial charge in [0.1, 0.15) is 6.54 Å². The Hall–Kier alpha value is -2.25. The van der Waals surface area contributed by atoms with Crippen LogP contribution in [0.15, 0.2) is 30.3 Å². The van der Waals surface area contributed by atoms with E-state index in [-0.39, 0.29) is 5.91 Å². The van der Waals surface area contributed by atoms with Crippen molar-refractivity contribution in [1.82, 2.24) is 15.7 Å². The Morgan fingerprint density at radius 3 is 2.37 bits per heavy atom. The Bertz CT molecular complexity index is 684. The number of amides is 3.